The summed E-state index contributed by atoms with van der Waals surface area (Å²) in [6.45, 7) is 7.64. The molecule has 1 unspecified atom stereocenters. The zero-order chi connectivity index (χ0) is 20.7. The number of nitrogens with one attached hydrogen (secondary N) is 2. The van der Waals surface area contributed by atoms with E-state index in [4.69, 9.17) is 28.6 Å². The lowest BCUT2D eigenvalue weighted by atomic mass is 9.95. The van der Waals surface area contributed by atoms with E-state index in [0.717, 1.165) is 23.0 Å². The van der Waals surface area contributed by atoms with Gasteiger partial charge >= 0.3 is 12.0 Å². The molecule has 0 aromatic heterocycles. The summed E-state index contributed by atoms with van der Waals surface area (Å²) in [6.07, 6.45) is 0. The van der Waals surface area contributed by atoms with Crippen molar-refractivity contribution < 1.29 is 14.3 Å². The quantitative estimate of drug-likeness (QED) is 0.494. The maximum absolute atomic E-state index is 12.7. The molecular formula is C19H24ClN3O3S2. The van der Waals surface area contributed by atoms with Gasteiger partial charge in [-0.25, -0.2) is 9.59 Å². The molecule has 152 valence electrons. The predicted molar refractivity (Wildman–Crippen MR) is 117 cm³/mol. The second-order valence-electron chi connectivity index (χ2n) is 5.92. The van der Waals surface area contributed by atoms with E-state index in [2.05, 4.69) is 10.6 Å². The third-order valence-corrected chi connectivity index (χ3v) is 6.02. The fourth-order valence-electron chi connectivity index (χ4n) is 2.79. The number of hydrogen-bond donors (Lipinski definition) is 2. The molecule has 2 amide bonds. The number of rotatable bonds is 7. The van der Waals surface area contributed by atoms with E-state index in [0.29, 0.717) is 22.0 Å². The molecule has 2 rings (SSSR count). The lowest BCUT2D eigenvalue weighted by molar-refractivity contribution is -0.139. The highest BCUT2D eigenvalue weighted by atomic mass is 35.5. The van der Waals surface area contributed by atoms with Crippen LogP contribution in [-0.4, -0.2) is 46.7 Å². The summed E-state index contributed by atoms with van der Waals surface area (Å²) in [5.74, 6) is -0.111. The number of carbonyl (C=O) groups is 2. The highest BCUT2D eigenvalue weighted by Gasteiger charge is 2.33. The van der Waals surface area contributed by atoms with E-state index < -0.39 is 12.0 Å². The molecule has 1 aromatic carbocycles. The zero-order valence-corrected chi connectivity index (χ0v) is 18.5. The van der Waals surface area contributed by atoms with Crippen molar-refractivity contribution >= 4 is 51.9 Å². The van der Waals surface area contributed by atoms with Crippen LogP contribution in [0.1, 0.15) is 32.4 Å². The van der Waals surface area contributed by atoms with Gasteiger partial charge in [0.1, 0.15) is 4.32 Å². The van der Waals surface area contributed by atoms with Crippen LogP contribution >= 0.6 is 35.6 Å². The first-order valence-electron chi connectivity index (χ1n) is 9.06. The van der Waals surface area contributed by atoms with Crippen LogP contribution in [0.25, 0.3) is 0 Å². The zero-order valence-electron chi connectivity index (χ0n) is 16.1. The van der Waals surface area contributed by atoms with E-state index >= 15 is 0 Å². The number of benzene rings is 1. The van der Waals surface area contributed by atoms with Crippen LogP contribution in [0.4, 0.5) is 4.79 Å². The Labute approximate surface area is 180 Å². The summed E-state index contributed by atoms with van der Waals surface area (Å²) >= 11 is 12.9. The lowest BCUT2D eigenvalue weighted by Gasteiger charge is -2.30. The molecule has 1 aromatic rings. The van der Waals surface area contributed by atoms with E-state index in [-0.39, 0.29) is 12.6 Å². The molecule has 0 bridgehead atoms. The summed E-state index contributed by atoms with van der Waals surface area (Å²) in [5.41, 5.74) is 1.62. The van der Waals surface area contributed by atoms with Gasteiger partial charge in [-0.15, -0.1) is 0 Å². The van der Waals surface area contributed by atoms with Crippen LogP contribution in [0.3, 0.4) is 0 Å². The number of amides is 2. The third-order valence-electron chi connectivity index (χ3n) is 4.21. The summed E-state index contributed by atoms with van der Waals surface area (Å²) in [5, 5.41) is 6.13. The van der Waals surface area contributed by atoms with Crippen LogP contribution in [0.2, 0.25) is 5.02 Å². The second kappa shape index (κ2) is 10.7. The number of thioether (sulfide) groups is 1. The minimum atomic E-state index is -0.623. The standard InChI is InChI=1S/C19H24ClN3O3S2/c1-4-23(5-2)19(27)28-11-14-15(17(24)26-6-3)16(22-18(25)21-14)12-7-9-13(20)10-8-12/h7-10,16H,4-6,11H2,1-3H3,(H2,21,22,25). The number of hydrogen-bond acceptors (Lipinski definition) is 5. The van der Waals surface area contributed by atoms with Crippen LogP contribution in [0, 0.1) is 0 Å². The van der Waals surface area contributed by atoms with Crippen molar-refractivity contribution in [3.63, 3.8) is 0 Å². The Hall–Kier alpha value is -1.77. The van der Waals surface area contributed by atoms with Gasteiger partial charge in [0.25, 0.3) is 0 Å². The first-order chi connectivity index (χ1) is 13.4. The molecule has 1 atom stereocenters. The van der Waals surface area contributed by atoms with Gasteiger partial charge in [0.05, 0.1) is 18.2 Å². The van der Waals surface area contributed by atoms with Gasteiger partial charge in [0.2, 0.25) is 0 Å². The third kappa shape index (κ3) is 5.62. The van der Waals surface area contributed by atoms with Crippen molar-refractivity contribution in [1.82, 2.24) is 15.5 Å². The summed E-state index contributed by atoms with van der Waals surface area (Å²) in [7, 11) is 0. The highest BCUT2D eigenvalue weighted by Crippen LogP contribution is 2.30. The van der Waals surface area contributed by atoms with Gasteiger partial charge in [-0.05, 0) is 38.5 Å². The molecule has 1 heterocycles. The minimum Gasteiger partial charge on any atom is -0.463 e. The Bertz CT molecular complexity index is 764. The monoisotopic (exact) mass is 441 g/mol. The lowest BCUT2D eigenvalue weighted by Crippen LogP contribution is -2.46. The van der Waals surface area contributed by atoms with Crippen molar-refractivity contribution in [3.8, 4) is 0 Å². The number of carbonyl (C=O) groups excluding carboxylic acids is 2. The van der Waals surface area contributed by atoms with Gasteiger partial charge in [-0.1, -0.05) is 47.7 Å². The Morgan fingerprint density at radius 1 is 1.25 bits per heavy atom. The normalized spacial score (nSPS) is 16.3. The Morgan fingerprint density at radius 2 is 1.89 bits per heavy atom. The SMILES string of the molecule is CCOC(=O)C1=C(CSC(=S)N(CC)CC)NC(=O)NC1c1ccc(Cl)cc1. The molecule has 0 spiro atoms. The molecule has 1 aliphatic heterocycles. The van der Waals surface area contributed by atoms with Crippen LogP contribution in [-0.2, 0) is 9.53 Å². The van der Waals surface area contributed by atoms with Crippen molar-refractivity contribution in [2.45, 2.75) is 26.8 Å². The molecule has 9 heteroatoms. The number of urea groups is 1. The molecule has 0 radical (unpaired) electrons. The highest BCUT2D eigenvalue weighted by molar-refractivity contribution is 8.23. The Morgan fingerprint density at radius 3 is 2.46 bits per heavy atom. The fourth-order valence-corrected chi connectivity index (χ4v) is 4.29. The Balaban J connectivity index is 2.37. The van der Waals surface area contributed by atoms with Crippen molar-refractivity contribution in [1.29, 1.82) is 0 Å². The van der Waals surface area contributed by atoms with Gasteiger partial charge in [-0.2, -0.15) is 0 Å². The fraction of sp³-hybridized carbons (Fsp3) is 0.421. The molecule has 6 nitrogen and oxygen atoms in total. The van der Waals surface area contributed by atoms with E-state index in [1.807, 2.05) is 18.7 Å². The van der Waals surface area contributed by atoms with Crippen LogP contribution in [0.5, 0.6) is 0 Å². The molecule has 0 saturated heterocycles. The number of thiocarbonyl (C=S) groups is 1. The molecule has 2 N–H and O–H groups in total. The first kappa shape index (κ1) is 22.5. The predicted octanol–water partition coefficient (Wildman–Crippen LogP) is 3.87. The maximum Gasteiger partial charge on any atom is 0.338 e. The van der Waals surface area contributed by atoms with Crippen molar-refractivity contribution in [2.75, 3.05) is 25.4 Å². The molecule has 0 fully saturated rings. The number of ether oxygens (including phenoxy) is 1. The Kier molecular flexibility index (Phi) is 8.59. The summed E-state index contributed by atoms with van der Waals surface area (Å²) in [6, 6.07) is 6.00. The van der Waals surface area contributed by atoms with Crippen LogP contribution in [0.15, 0.2) is 35.5 Å². The smallest absolute Gasteiger partial charge is 0.338 e. The topological polar surface area (TPSA) is 70.7 Å². The first-order valence-corrected chi connectivity index (χ1v) is 10.8. The summed E-state index contributed by atoms with van der Waals surface area (Å²) in [4.78, 5) is 27.0. The van der Waals surface area contributed by atoms with Gasteiger partial charge in [0.15, 0.2) is 0 Å². The number of nitrogens with zero attached hydrogens (tertiary/aromatic N) is 1. The number of esters is 1. The molecule has 1 aliphatic rings. The maximum atomic E-state index is 12.7. The van der Waals surface area contributed by atoms with Gasteiger partial charge < -0.3 is 20.3 Å². The molecule has 0 aliphatic carbocycles. The average molecular weight is 442 g/mol. The minimum absolute atomic E-state index is 0.238. The number of halogens is 1. The van der Waals surface area contributed by atoms with E-state index in [1.165, 1.54) is 11.8 Å². The largest absolute Gasteiger partial charge is 0.463 e. The average Bonchev–Trinajstić information content (AvgIpc) is 2.67. The molecular weight excluding hydrogens is 418 g/mol. The van der Waals surface area contributed by atoms with Gasteiger partial charge in [0, 0.05) is 29.6 Å². The second-order valence-corrected chi connectivity index (χ2v) is 7.97. The molecule has 28 heavy (non-hydrogen) atoms. The van der Waals surface area contributed by atoms with Gasteiger partial charge in [-0.3, -0.25) is 0 Å². The van der Waals surface area contributed by atoms with E-state index in [9.17, 15) is 9.59 Å². The van der Waals surface area contributed by atoms with Crippen LogP contribution < -0.4 is 10.6 Å². The van der Waals surface area contributed by atoms with E-state index in [1.54, 1.807) is 31.2 Å². The van der Waals surface area contributed by atoms with Crippen molar-refractivity contribution in [3.05, 3.63) is 46.1 Å². The summed E-state index contributed by atoms with van der Waals surface area (Å²) < 4.78 is 5.97. The molecule has 0 saturated carbocycles. The van der Waals surface area contributed by atoms with Crippen molar-refractivity contribution in [2.24, 2.45) is 0 Å².